The van der Waals surface area contributed by atoms with Crippen molar-refractivity contribution in [3.8, 4) is 5.75 Å². The molecule has 2 unspecified atom stereocenters. The predicted molar refractivity (Wildman–Crippen MR) is 84.8 cm³/mol. The molecular formula is C17H24N2O3. The fourth-order valence-corrected chi connectivity index (χ4v) is 2.87. The lowest BCUT2D eigenvalue weighted by atomic mass is 9.86. The van der Waals surface area contributed by atoms with Crippen LogP contribution in [0.1, 0.15) is 48.5 Å². The van der Waals surface area contributed by atoms with E-state index in [1.807, 2.05) is 6.92 Å². The van der Waals surface area contributed by atoms with Gasteiger partial charge < -0.3 is 15.8 Å². The molecule has 1 aromatic rings. The average Bonchev–Trinajstić information content (AvgIpc) is 2.47. The summed E-state index contributed by atoms with van der Waals surface area (Å²) in [6, 6.07) is 5.35. The highest BCUT2D eigenvalue weighted by Crippen LogP contribution is 2.24. The third-order valence-electron chi connectivity index (χ3n) is 4.22. The van der Waals surface area contributed by atoms with E-state index < -0.39 is 5.91 Å². The number of benzene rings is 1. The van der Waals surface area contributed by atoms with Crippen molar-refractivity contribution in [3.05, 3.63) is 29.3 Å². The highest BCUT2D eigenvalue weighted by molar-refractivity contribution is 5.95. The van der Waals surface area contributed by atoms with E-state index in [1.54, 1.807) is 18.2 Å². The van der Waals surface area contributed by atoms with E-state index in [4.69, 9.17) is 10.5 Å². The van der Waals surface area contributed by atoms with Gasteiger partial charge in [-0.3, -0.25) is 9.59 Å². The normalized spacial score (nSPS) is 21.2. The molecule has 1 aliphatic rings. The zero-order valence-corrected chi connectivity index (χ0v) is 13.2. The lowest BCUT2D eigenvalue weighted by Crippen LogP contribution is -2.43. The first kappa shape index (κ1) is 16.3. The van der Waals surface area contributed by atoms with Crippen molar-refractivity contribution >= 4 is 11.8 Å². The van der Waals surface area contributed by atoms with Crippen LogP contribution in [-0.4, -0.2) is 24.5 Å². The number of ether oxygens (including phenoxy) is 1. The Morgan fingerprint density at radius 1 is 1.32 bits per heavy atom. The molecule has 0 aromatic heterocycles. The van der Waals surface area contributed by atoms with Crippen LogP contribution in [0.4, 0.5) is 0 Å². The highest BCUT2D eigenvalue weighted by Gasteiger charge is 2.23. The number of hydrogen-bond acceptors (Lipinski definition) is 3. The van der Waals surface area contributed by atoms with Crippen LogP contribution in [0, 0.1) is 12.8 Å². The number of hydrogen-bond donors (Lipinski definition) is 2. The van der Waals surface area contributed by atoms with Gasteiger partial charge in [0.2, 0.25) is 0 Å². The van der Waals surface area contributed by atoms with Crippen molar-refractivity contribution in [1.29, 1.82) is 0 Å². The summed E-state index contributed by atoms with van der Waals surface area (Å²) < 4.78 is 5.50. The molecule has 0 heterocycles. The van der Waals surface area contributed by atoms with Gasteiger partial charge in [0, 0.05) is 6.04 Å². The van der Waals surface area contributed by atoms with Gasteiger partial charge >= 0.3 is 0 Å². The van der Waals surface area contributed by atoms with Crippen molar-refractivity contribution in [2.75, 3.05) is 6.61 Å². The summed E-state index contributed by atoms with van der Waals surface area (Å²) in [4.78, 5) is 23.4. The minimum atomic E-state index is -0.559. The zero-order valence-electron chi connectivity index (χ0n) is 13.2. The molecule has 0 saturated heterocycles. The molecule has 1 saturated carbocycles. The largest absolute Gasteiger partial charge is 0.483 e. The number of amides is 2. The standard InChI is InChI=1S/C17H24N2O3/c1-11-7-8-13(17(18)21)15(9-11)22-10-16(20)19-14-6-4-3-5-12(14)2/h7-9,12,14H,3-6,10H2,1-2H3,(H2,18,21)(H,19,20). The van der Waals surface area contributed by atoms with E-state index in [0.717, 1.165) is 24.8 Å². The van der Waals surface area contributed by atoms with Gasteiger partial charge in [0.05, 0.1) is 5.56 Å². The summed E-state index contributed by atoms with van der Waals surface area (Å²) in [6.07, 6.45) is 4.55. The van der Waals surface area contributed by atoms with Gasteiger partial charge in [-0.2, -0.15) is 0 Å². The monoisotopic (exact) mass is 304 g/mol. The molecule has 1 aliphatic carbocycles. The molecule has 120 valence electrons. The average molecular weight is 304 g/mol. The second-order valence-corrected chi connectivity index (χ2v) is 6.09. The lowest BCUT2D eigenvalue weighted by Gasteiger charge is -2.29. The van der Waals surface area contributed by atoms with E-state index in [2.05, 4.69) is 12.2 Å². The summed E-state index contributed by atoms with van der Waals surface area (Å²) in [5.74, 6) is 0.143. The number of nitrogens with one attached hydrogen (secondary N) is 1. The fourth-order valence-electron chi connectivity index (χ4n) is 2.87. The van der Waals surface area contributed by atoms with E-state index in [-0.39, 0.29) is 18.6 Å². The van der Waals surface area contributed by atoms with Gasteiger partial charge in [-0.25, -0.2) is 0 Å². The van der Waals surface area contributed by atoms with Crippen LogP contribution >= 0.6 is 0 Å². The summed E-state index contributed by atoms with van der Waals surface area (Å²) in [5, 5.41) is 3.02. The summed E-state index contributed by atoms with van der Waals surface area (Å²) in [7, 11) is 0. The SMILES string of the molecule is Cc1ccc(C(N)=O)c(OCC(=O)NC2CCCCC2C)c1. The second-order valence-electron chi connectivity index (χ2n) is 6.09. The highest BCUT2D eigenvalue weighted by atomic mass is 16.5. The topological polar surface area (TPSA) is 81.4 Å². The number of carbonyl (C=O) groups excluding carboxylic acids is 2. The first-order valence-corrected chi connectivity index (χ1v) is 7.80. The Balaban J connectivity index is 1.93. The minimum Gasteiger partial charge on any atom is -0.483 e. The first-order valence-electron chi connectivity index (χ1n) is 7.80. The number of nitrogens with two attached hydrogens (primary N) is 1. The van der Waals surface area contributed by atoms with Crippen LogP contribution in [-0.2, 0) is 4.79 Å². The van der Waals surface area contributed by atoms with E-state index >= 15 is 0 Å². The van der Waals surface area contributed by atoms with Gasteiger partial charge in [0.15, 0.2) is 6.61 Å². The zero-order chi connectivity index (χ0) is 16.1. The predicted octanol–water partition coefficient (Wildman–Crippen LogP) is 2.17. The molecule has 5 nitrogen and oxygen atoms in total. The number of aryl methyl sites for hydroxylation is 1. The molecular weight excluding hydrogens is 280 g/mol. The molecule has 1 aromatic carbocycles. The van der Waals surface area contributed by atoms with Gasteiger partial charge in [0.1, 0.15) is 5.75 Å². The molecule has 1 fully saturated rings. The molecule has 0 aliphatic heterocycles. The van der Waals surface area contributed by atoms with Gasteiger partial charge in [-0.05, 0) is 43.4 Å². The van der Waals surface area contributed by atoms with Crippen LogP contribution in [0.15, 0.2) is 18.2 Å². The van der Waals surface area contributed by atoms with Gasteiger partial charge in [-0.15, -0.1) is 0 Å². The van der Waals surface area contributed by atoms with Gasteiger partial charge in [-0.1, -0.05) is 25.8 Å². The molecule has 2 amide bonds. The summed E-state index contributed by atoms with van der Waals surface area (Å²) in [5.41, 5.74) is 6.56. The number of primary amides is 1. The van der Waals surface area contributed by atoms with E-state index in [0.29, 0.717) is 17.2 Å². The van der Waals surface area contributed by atoms with E-state index in [1.165, 1.54) is 6.42 Å². The van der Waals surface area contributed by atoms with Crippen molar-refractivity contribution in [3.63, 3.8) is 0 Å². The van der Waals surface area contributed by atoms with Crippen LogP contribution in [0.3, 0.4) is 0 Å². The Bertz CT molecular complexity index is 557. The summed E-state index contributed by atoms with van der Waals surface area (Å²) in [6.45, 7) is 3.95. The van der Waals surface area contributed by atoms with Crippen molar-refractivity contribution in [2.24, 2.45) is 11.7 Å². The van der Waals surface area contributed by atoms with Crippen LogP contribution in [0.5, 0.6) is 5.75 Å². The molecule has 5 heteroatoms. The van der Waals surface area contributed by atoms with E-state index in [9.17, 15) is 9.59 Å². The Labute approximate surface area is 131 Å². The molecule has 2 atom stereocenters. The Morgan fingerprint density at radius 2 is 2.05 bits per heavy atom. The van der Waals surface area contributed by atoms with Crippen molar-refractivity contribution in [2.45, 2.75) is 45.6 Å². The Hall–Kier alpha value is -2.04. The number of rotatable bonds is 5. The Morgan fingerprint density at radius 3 is 2.73 bits per heavy atom. The number of carbonyl (C=O) groups is 2. The maximum Gasteiger partial charge on any atom is 0.258 e. The van der Waals surface area contributed by atoms with Crippen LogP contribution in [0.25, 0.3) is 0 Å². The summed E-state index contributed by atoms with van der Waals surface area (Å²) >= 11 is 0. The second kappa shape index (κ2) is 7.29. The third kappa shape index (κ3) is 4.23. The quantitative estimate of drug-likeness (QED) is 0.874. The lowest BCUT2D eigenvalue weighted by molar-refractivity contribution is -0.124. The maximum atomic E-state index is 12.0. The molecule has 0 spiro atoms. The third-order valence-corrected chi connectivity index (χ3v) is 4.22. The first-order chi connectivity index (χ1) is 10.5. The molecule has 0 radical (unpaired) electrons. The Kier molecular flexibility index (Phi) is 5.41. The van der Waals surface area contributed by atoms with Gasteiger partial charge in [0.25, 0.3) is 11.8 Å². The molecule has 2 rings (SSSR count). The molecule has 3 N–H and O–H groups in total. The van der Waals surface area contributed by atoms with Crippen LogP contribution < -0.4 is 15.8 Å². The fraction of sp³-hybridized carbons (Fsp3) is 0.529. The van der Waals surface area contributed by atoms with Crippen LogP contribution in [0.2, 0.25) is 0 Å². The molecule has 0 bridgehead atoms. The maximum absolute atomic E-state index is 12.0. The van der Waals surface area contributed by atoms with Crippen molar-refractivity contribution < 1.29 is 14.3 Å². The smallest absolute Gasteiger partial charge is 0.258 e. The van der Waals surface area contributed by atoms with Crippen molar-refractivity contribution in [1.82, 2.24) is 5.32 Å². The molecule has 22 heavy (non-hydrogen) atoms. The minimum absolute atomic E-state index is 0.104.